The molecule has 2 aromatic carbocycles. The Kier molecular flexibility index (Phi) is 8.30. The van der Waals surface area contributed by atoms with Crippen molar-refractivity contribution < 1.29 is 14.3 Å². The van der Waals surface area contributed by atoms with E-state index >= 15 is 0 Å². The number of nitrogens with one attached hydrogen (secondary N) is 1. The van der Waals surface area contributed by atoms with Gasteiger partial charge in [0.2, 0.25) is 5.91 Å². The Balaban J connectivity index is 2.27. The number of carbonyl (C=O) groups excluding carboxylic acids is 2. The second kappa shape index (κ2) is 10.5. The van der Waals surface area contributed by atoms with E-state index in [9.17, 15) is 9.59 Å². The first-order valence-electron chi connectivity index (χ1n) is 10.2. The van der Waals surface area contributed by atoms with Gasteiger partial charge in [-0.15, -0.1) is 0 Å². The molecule has 0 unspecified atom stereocenters. The third-order valence-corrected chi connectivity index (χ3v) is 4.99. The first-order chi connectivity index (χ1) is 14.1. The molecule has 0 spiro atoms. The van der Waals surface area contributed by atoms with E-state index in [1.165, 1.54) is 0 Å². The smallest absolute Gasteiger partial charge is 0.261 e. The highest BCUT2D eigenvalue weighted by Gasteiger charge is 2.31. The Morgan fingerprint density at radius 1 is 1.10 bits per heavy atom. The monoisotopic (exact) mass is 430 g/mol. The molecule has 0 radical (unpaired) electrons. The van der Waals surface area contributed by atoms with Crippen molar-refractivity contribution in [3.8, 4) is 5.75 Å². The first kappa shape index (κ1) is 23.7. The van der Waals surface area contributed by atoms with Crippen LogP contribution in [0.5, 0.6) is 5.75 Å². The molecule has 2 rings (SSSR count). The highest BCUT2D eigenvalue weighted by Crippen LogP contribution is 2.23. The summed E-state index contributed by atoms with van der Waals surface area (Å²) in [6, 6.07) is 14.3. The molecular weight excluding hydrogens is 400 g/mol. The SMILES string of the molecule is CC[C@H](C(=O)NC(C)(C)C)N(Cc1ccccc1C)C(=O)COc1ccccc1Cl. The van der Waals surface area contributed by atoms with E-state index in [0.29, 0.717) is 23.7 Å². The zero-order valence-electron chi connectivity index (χ0n) is 18.4. The Bertz CT molecular complexity index is 877. The van der Waals surface area contributed by atoms with Crippen molar-refractivity contribution in [1.29, 1.82) is 0 Å². The Hall–Kier alpha value is -2.53. The lowest BCUT2D eigenvalue weighted by Crippen LogP contribution is -2.54. The molecule has 6 heteroatoms. The van der Waals surface area contributed by atoms with Gasteiger partial charge in [-0.2, -0.15) is 0 Å². The summed E-state index contributed by atoms with van der Waals surface area (Å²) < 4.78 is 5.67. The quantitative estimate of drug-likeness (QED) is 0.657. The summed E-state index contributed by atoms with van der Waals surface area (Å²) in [5.74, 6) is -0.00527. The van der Waals surface area contributed by atoms with Crippen LogP contribution in [0.15, 0.2) is 48.5 Å². The number of nitrogens with zero attached hydrogens (tertiary/aromatic N) is 1. The van der Waals surface area contributed by atoms with Crippen molar-refractivity contribution in [2.24, 2.45) is 0 Å². The number of ether oxygens (including phenoxy) is 1. The van der Waals surface area contributed by atoms with Crippen molar-refractivity contribution in [2.75, 3.05) is 6.61 Å². The molecule has 0 aromatic heterocycles. The summed E-state index contributed by atoms with van der Waals surface area (Å²) >= 11 is 6.14. The van der Waals surface area contributed by atoms with Gasteiger partial charge in [0.05, 0.1) is 5.02 Å². The van der Waals surface area contributed by atoms with E-state index in [4.69, 9.17) is 16.3 Å². The van der Waals surface area contributed by atoms with Gasteiger partial charge < -0.3 is 15.0 Å². The number of aryl methyl sites for hydroxylation is 1. The van der Waals surface area contributed by atoms with Gasteiger partial charge in [-0.3, -0.25) is 9.59 Å². The van der Waals surface area contributed by atoms with Gasteiger partial charge in [0.15, 0.2) is 6.61 Å². The average Bonchev–Trinajstić information content (AvgIpc) is 2.67. The molecule has 0 fully saturated rings. The van der Waals surface area contributed by atoms with Crippen LogP contribution in [0.1, 0.15) is 45.2 Å². The van der Waals surface area contributed by atoms with Crippen LogP contribution in [0, 0.1) is 6.92 Å². The van der Waals surface area contributed by atoms with Crippen molar-refractivity contribution in [3.63, 3.8) is 0 Å². The van der Waals surface area contributed by atoms with Crippen LogP contribution in [0.2, 0.25) is 5.02 Å². The number of rotatable bonds is 8. The highest BCUT2D eigenvalue weighted by atomic mass is 35.5. The molecule has 1 atom stereocenters. The molecule has 162 valence electrons. The fourth-order valence-electron chi connectivity index (χ4n) is 3.13. The van der Waals surface area contributed by atoms with Gasteiger partial charge in [0, 0.05) is 12.1 Å². The highest BCUT2D eigenvalue weighted by molar-refractivity contribution is 6.32. The topological polar surface area (TPSA) is 58.6 Å². The number of para-hydroxylation sites is 1. The predicted octanol–water partition coefficient (Wildman–Crippen LogP) is 4.75. The maximum Gasteiger partial charge on any atom is 0.261 e. The van der Waals surface area contributed by atoms with E-state index in [2.05, 4.69) is 5.32 Å². The van der Waals surface area contributed by atoms with Crippen LogP contribution in [0.3, 0.4) is 0 Å². The fourth-order valence-corrected chi connectivity index (χ4v) is 3.32. The third-order valence-electron chi connectivity index (χ3n) is 4.67. The van der Waals surface area contributed by atoms with E-state index in [1.54, 1.807) is 29.2 Å². The molecule has 0 heterocycles. The molecular formula is C24H31ClN2O3. The summed E-state index contributed by atoms with van der Waals surface area (Å²) in [6.07, 6.45) is 0.492. The molecule has 0 bridgehead atoms. The second-order valence-electron chi connectivity index (χ2n) is 8.33. The van der Waals surface area contributed by atoms with Crippen LogP contribution >= 0.6 is 11.6 Å². The van der Waals surface area contributed by atoms with Crippen LogP contribution in [0.4, 0.5) is 0 Å². The summed E-state index contributed by atoms with van der Waals surface area (Å²) in [5, 5.41) is 3.43. The maximum absolute atomic E-state index is 13.2. The largest absolute Gasteiger partial charge is 0.482 e. The van der Waals surface area contributed by atoms with Gasteiger partial charge in [0.1, 0.15) is 11.8 Å². The first-order valence-corrected chi connectivity index (χ1v) is 10.5. The van der Waals surface area contributed by atoms with Gasteiger partial charge >= 0.3 is 0 Å². The van der Waals surface area contributed by atoms with Crippen molar-refractivity contribution >= 4 is 23.4 Å². The minimum atomic E-state index is -0.605. The van der Waals surface area contributed by atoms with E-state index < -0.39 is 11.6 Å². The minimum absolute atomic E-state index is 0.176. The molecule has 2 aromatic rings. The number of benzene rings is 2. The van der Waals surface area contributed by atoms with Gasteiger partial charge in [-0.05, 0) is 57.4 Å². The molecule has 5 nitrogen and oxygen atoms in total. The predicted molar refractivity (Wildman–Crippen MR) is 121 cm³/mol. The zero-order valence-corrected chi connectivity index (χ0v) is 19.1. The standard InChI is InChI=1S/C24H31ClN2O3/c1-6-20(23(29)26-24(3,4)5)27(15-18-12-8-7-11-17(18)2)22(28)16-30-21-14-10-9-13-19(21)25/h7-14,20H,6,15-16H2,1-5H3,(H,26,29)/t20-/m1/s1. The van der Waals surface area contributed by atoms with Gasteiger partial charge in [0.25, 0.3) is 5.91 Å². The Labute approximate surface area is 184 Å². The van der Waals surface area contributed by atoms with Gasteiger partial charge in [-0.1, -0.05) is 54.9 Å². The molecule has 0 saturated carbocycles. The lowest BCUT2D eigenvalue weighted by molar-refractivity contribution is -0.143. The number of carbonyl (C=O) groups is 2. The van der Waals surface area contributed by atoms with E-state index in [1.807, 2.05) is 58.9 Å². The number of halogens is 1. The second-order valence-corrected chi connectivity index (χ2v) is 8.74. The lowest BCUT2D eigenvalue weighted by atomic mass is 10.0. The van der Waals surface area contributed by atoms with E-state index in [0.717, 1.165) is 11.1 Å². The summed E-state index contributed by atoms with van der Waals surface area (Å²) in [5.41, 5.74) is 1.66. The van der Waals surface area contributed by atoms with Crippen LogP contribution < -0.4 is 10.1 Å². The minimum Gasteiger partial charge on any atom is -0.482 e. The molecule has 2 amide bonds. The van der Waals surface area contributed by atoms with Gasteiger partial charge in [-0.25, -0.2) is 0 Å². The third kappa shape index (κ3) is 6.77. The lowest BCUT2D eigenvalue weighted by Gasteiger charge is -2.33. The molecule has 0 aliphatic carbocycles. The van der Waals surface area contributed by atoms with Crippen molar-refractivity contribution in [3.05, 3.63) is 64.7 Å². The van der Waals surface area contributed by atoms with Crippen molar-refractivity contribution in [1.82, 2.24) is 10.2 Å². The van der Waals surface area contributed by atoms with Crippen LogP contribution in [-0.2, 0) is 16.1 Å². The number of amides is 2. The van der Waals surface area contributed by atoms with Crippen LogP contribution in [0.25, 0.3) is 0 Å². The molecule has 0 aliphatic rings. The summed E-state index contributed by atoms with van der Waals surface area (Å²) in [4.78, 5) is 27.8. The van der Waals surface area contributed by atoms with E-state index in [-0.39, 0.29) is 18.4 Å². The fraction of sp³-hybridized carbons (Fsp3) is 0.417. The Morgan fingerprint density at radius 3 is 2.33 bits per heavy atom. The Morgan fingerprint density at radius 2 is 1.73 bits per heavy atom. The normalized spacial score (nSPS) is 12.2. The molecule has 0 aliphatic heterocycles. The summed E-state index contributed by atoms with van der Waals surface area (Å²) in [6.45, 7) is 9.79. The molecule has 30 heavy (non-hydrogen) atoms. The van der Waals surface area contributed by atoms with Crippen LogP contribution in [-0.4, -0.2) is 34.9 Å². The number of hydrogen-bond acceptors (Lipinski definition) is 3. The average molecular weight is 431 g/mol. The number of hydrogen-bond donors (Lipinski definition) is 1. The maximum atomic E-state index is 13.2. The van der Waals surface area contributed by atoms with Crippen molar-refractivity contribution in [2.45, 2.75) is 59.2 Å². The summed E-state index contributed by atoms with van der Waals surface area (Å²) in [7, 11) is 0. The molecule has 0 saturated heterocycles. The molecule has 1 N–H and O–H groups in total. The zero-order chi connectivity index (χ0) is 22.3.